The van der Waals surface area contributed by atoms with Gasteiger partial charge in [0.25, 0.3) is 0 Å². The summed E-state index contributed by atoms with van der Waals surface area (Å²) in [6.07, 6.45) is 1.75. The maximum atomic E-state index is 13.1. The van der Waals surface area contributed by atoms with E-state index in [1.807, 2.05) is 54.6 Å². The van der Waals surface area contributed by atoms with Gasteiger partial charge in [0, 0.05) is 18.7 Å². The first-order valence-corrected chi connectivity index (χ1v) is 11.7. The summed E-state index contributed by atoms with van der Waals surface area (Å²) in [6.45, 7) is 1.80. The number of halogens is 1. The second-order valence-electron chi connectivity index (χ2n) is 8.48. The van der Waals surface area contributed by atoms with E-state index in [0.717, 1.165) is 35.3 Å². The standard InChI is InChI=1S/C28H29FN2O3/c29-24-14-12-21(13-15-24)19-27(32)31-17-6-9-23(20-31)28(33)30-16-18-34-26-11-5-4-10-25(26)22-7-2-1-3-8-22/h1-5,7-8,10-15,23H,6,9,16-20H2,(H,30,33). The largest absolute Gasteiger partial charge is 0.491 e. The molecule has 5 nitrogen and oxygen atoms in total. The minimum absolute atomic E-state index is 0.0371. The van der Waals surface area contributed by atoms with Crippen molar-refractivity contribution in [1.82, 2.24) is 10.2 Å². The van der Waals surface area contributed by atoms with Crippen LogP contribution < -0.4 is 10.1 Å². The smallest absolute Gasteiger partial charge is 0.227 e. The number of likely N-dealkylation sites (tertiary alicyclic amines) is 1. The predicted octanol–water partition coefficient (Wildman–Crippen LogP) is 4.47. The third kappa shape index (κ3) is 6.22. The zero-order chi connectivity index (χ0) is 23.8. The van der Waals surface area contributed by atoms with Gasteiger partial charge in [-0.3, -0.25) is 9.59 Å². The van der Waals surface area contributed by atoms with Gasteiger partial charge in [0.05, 0.1) is 18.9 Å². The van der Waals surface area contributed by atoms with E-state index in [9.17, 15) is 14.0 Å². The van der Waals surface area contributed by atoms with Crippen LogP contribution in [-0.2, 0) is 16.0 Å². The molecule has 1 aliphatic heterocycles. The Morgan fingerprint density at radius 1 is 0.971 bits per heavy atom. The summed E-state index contributed by atoms with van der Waals surface area (Å²) in [5.74, 6) is 0.128. The molecule has 0 radical (unpaired) electrons. The Bertz CT molecular complexity index is 1100. The first-order valence-electron chi connectivity index (χ1n) is 11.7. The number of amides is 2. The molecule has 176 valence electrons. The van der Waals surface area contributed by atoms with E-state index in [0.29, 0.717) is 26.2 Å². The molecule has 6 heteroatoms. The van der Waals surface area contributed by atoms with Crippen LogP contribution in [0, 0.1) is 11.7 Å². The van der Waals surface area contributed by atoms with Crippen molar-refractivity contribution in [2.45, 2.75) is 19.3 Å². The number of hydrogen-bond acceptors (Lipinski definition) is 3. The van der Waals surface area contributed by atoms with Crippen LogP contribution in [0.5, 0.6) is 5.75 Å². The Morgan fingerprint density at radius 2 is 1.71 bits per heavy atom. The molecule has 4 rings (SSSR count). The zero-order valence-corrected chi connectivity index (χ0v) is 19.1. The van der Waals surface area contributed by atoms with Gasteiger partial charge in [0.1, 0.15) is 18.2 Å². The normalized spacial score (nSPS) is 15.6. The minimum atomic E-state index is -0.321. The lowest BCUT2D eigenvalue weighted by Crippen LogP contribution is -2.46. The van der Waals surface area contributed by atoms with Crippen molar-refractivity contribution in [3.8, 4) is 16.9 Å². The maximum Gasteiger partial charge on any atom is 0.227 e. The highest BCUT2D eigenvalue weighted by molar-refractivity contribution is 5.82. The molecule has 1 atom stereocenters. The van der Waals surface area contributed by atoms with Crippen LogP contribution in [0.1, 0.15) is 18.4 Å². The topological polar surface area (TPSA) is 58.6 Å². The molecule has 1 unspecified atom stereocenters. The van der Waals surface area contributed by atoms with Gasteiger partial charge in [-0.1, -0.05) is 60.7 Å². The SMILES string of the molecule is O=C(NCCOc1ccccc1-c1ccccc1)C1CCCN(C(=O)Cc2ccc(F)cc2)C1. The Morgan fingerprint density at radius 3 is 2.50 bits per heavy atom. The highest BCUT2D eigenvalue weighted by atomic mass is 19.1. The number of ether oxygens (including phenoxy) is 1. The minimum Gasteiger partial charge on any atom is -0.491 e. The summed E-state index contributed by atoms with van der Waals surface area (Å²) in [6, 6.07) is 23.8. The molecule has 0 saturated carbocycles. The van der Waals surface area contributed by atoms with Crippen molar-refractivity contribution in [3.05, 3.63) is 90.2 Å². The molecule has 0 aliphatic carbocycles. The van der Waals surface area contributed by atoms with E-state index in [4.69, 9.17) is 4.74 Å². The number of rotatable bonds is 8. The molecule has 1 N–H and O–H groups in total. The molecule has 0 bridgehead atoms. The van der Waals surface area contributed by atoms with Crippen LogP contribution in [0.3, 0.4) is 0 Å². The Balaban J connectivity index is 1.24. The van der Waals surface area contributed by atoms with Crippen LogP contribution in [0.2, 0.25) is 0 Å². The zero-order valence-electron chi connectivity index (χ0n) is 19.1. The Hall–Kier alpha value is -3.67. The third-order valence-corrected chi connectivity index (χ3v) is 6.04. The van der Waals surface area contributed by atoms with Crippen molar-refractivity contribution in [3.63, 3.8) is 0 Å². The highest BCUT2D eigenvalue weighted by Gasteiger charge is 2.28. The van der Waals surface area contributed by atoms with Crippen LogP contribution in [0.4, 0.5) is 4.39 Å². The van der Waals surface area contributed by atoms with Crippen LogP contribution in [-0.4, -0.2) is 43.0 Å². The summed E-state index contributed by atoms with van der Waals surface area (Å²) in [7, 11) is 0. The molecule has 1 aliphatic rings. The fourth-order valence-corrected chi connectivity index (χ4v) is 4.23. The number of para-hydroxylation sites is 1. The van der Waals surface area contributed by atoms with Crippen molar-refractivity contribution in [2.75, 3.05) is 26.2 Å². The average Bonchev–Trinajstić information content (AvgIpc) is 2.88. The molecular weight excluding hydrogens is 431 g/mol. The van der Waals surface area contributed by atoms with E-state index in [2.05, 4.69) is 5.32 Å². The summed E-state index contributed by atoms with van der Waals surface area (Å²) >= 11 is 0. The lowest BCUT2D eigenvalue weighted by Gasteiger charge is -2.32. The molecule has 0 aromatic heterocycles. The molecule has 3 aromatic carbocycles. The average molecular weight is 461 g/mol. The van der Waals surface area contributed by atoms with Gasteiger partial charge in [0.15, 0.2) is 0 Å². The van der Waals surface area contributed by atoms with Crippen molar-refractivity contribution in [1.29, 1.82) is 0 Å². The predicted molar refractivity (Wildman–Crippen MR) is 130 cm³/mol. The fraction of sp³-hybridized carbons (Fsp3) is 0.286. The molecule has 1 saturated heterocycles. The number of nitrogens with zero attached hydrogens (tertiary/aromatic N) is 1. The lowest BCUT2D eigenvalue weighted by atomic mass is 9.96. The number of nitrogens with one attached hydrogen (secondary N) is 1. The molecule has 1 fully saturated rings. The summed E-state index contributed by atoms with van der Waals surface area (Å²) in [4.78, 5) is 27.1. The van der Waals surface area contributed by atoms with E-state index < -0.39 is 0 Å². The molecule has 2 amide bonds. The first-order chi connectivity index (χ1) is 16.6. The molecule has 0 spiro atoms. The molecule has 3 aromatic rings. The first kappa shape index (κ1) is 23.5. The number of hydrogen-bond donors (Lipinski definition) is 1. The van der Waals surface area contributed by atoms with E-state index >= 15 is 0 Å². The van der Waals surface area contributed by atoms with Gasteiger partial charge < -0.3 is 15.0 Å². The quantitative estimate of drug-likeness (QED) is 0.505. The van der Waals surface area contributed by atoms with Crippen LogP contribution in [0.25, 0.3) is 11.1 Å². The lowest BCUT2D eigenvalue weighted by molar-refractivity contribution is -0.135. The van der Waals surface area contributed by atoms with E-state index in [-0.39, 0.29) is 30.0 Å². The van der Waals surface area contributed by atoms with Gasteiger partial charge in [-0.25, -0.2) is 4.39 Å². The number of carbonyl (C=O) groups is 2. The van der Waals surface area contributed by atoms with Crippen molar-refractivity contribution >= 4 is 11.8 Å². The third-order valence-electron chi connectivity index (χ3n) is 6.04. The number of piperidine rings is 1. The van der Waals surface area contributed by atoms with E-state index in [1.54, 1.807) is 17.0 Å². The Kier molecular flexibility index (Phi) is 7.91. The maximum absolute atomic E-state index is 13.1. The summed E-state index contributed by atoms with van der Waals surface area (Å²) in [5, 5.41) is 2.95. The fourth-order valence-electron chi connectivity index (χ4n) is 4.23. The Labute approximate surface area is 199 Å². The number of carbonyl (C=O) groups excluding carboxylic acids is 2. The highest BCUT2D eigenvalue weighted by Crippen LogP contribution is 2.29. The van der Waals surface area contributed by atoms with E-state index in [1.165, 1.54) is 12.1 Å². The monoisotopic (exact) mass is 460 g/mol. The number of benzene rings is 3. The van der Waals surface area contributed by atoms with Gasteiger partial charge in [-0.15, -0.1) is 0 Å². The van der Waals surface area contributed by atoms with Gasteiger partial charge in [-0.05, 0) is 42.2 Å². The second kappa shape index (κ2) is 11.5. The van der Waals surface area contributed by atoms with Gasteiger partial charge >= 0.3 is 0 Å². The second-order valence-corrected chi connectivity index (χ2v) is 8.48. The van der Waals surface area contributed by atoms with Gasteiger partial charge in [0.2, 0.25) is 11.8 Å². The molecule has 34 heavy (non-hydrogen) atoms. The van der Waals surface area contributed by atoms with Gasteiger partial charge in [-0.2, -0.15) is 0 Å². The van der Waals surface area contributed by atoms with Crippen LogP contribution in [0.15, 0.2) is 78.9 Å². The van der Waals surface area contributed by atoms with Crippen molar-refractivity contribution in [2.24, 2.45) is 5.92 Å². The molecular formula is C28H29FN2O3. The summed E-state index contributed by atoms with van der Waals surface area (Å²) < 4.78 is 19.0. The van der Waals surface area contributed by atoms with Crippen molar-refractivity contribution < 1.29 is 18.7 Å². The van der Waals surface area contributed by atoms with Crippen LogP contribution >= 0.6 is 0 Å². The molecule has 1 heterocycles. The summed E-state index contributed by atoms with van der Waals surface area (Å²) in [5.41, 5.74) is 2.86.